The molecule has 0 amide bonds. The summed E-state index contributed by atoms with van der Waals surface area (Å²) in [6.45, 7) is 1.61. The lowest BCUT2D eigenvalue weighted by atomic mass is 10.2. The molecular formula is C18H21N3OS. The zero-order valence-electron chi connectivity index (χ0n) is 13.7. The molecule has 120 valence electrons. The Kier molecular flexibility index (Phi) is 4.50. The Hall–Kier alpha value is -2.11. The first-order chi connectivity index (χ1) is 11.1. The maximum Gasteiger partial charge on any atom is 0.181 e. The first-order valence-electron chi connectivity index (χ1n) is 7.56. The third-order valence-electron chi connectivity index (χ3n) is 4.05. The number of fused-ring (bicyclic) bond motifs is 1. The lowest BCUT2D eigenvalue weighted by molar-refractivity contribution is 0.262. The third kappa shape index (κ3) is 3.16. The molecular weight excluding hydrogens is 306 g/mol. The first kappa shape index (κ1) is 15.8. The number of nitrogens with zero attached hydrogens (tertiary/aromatic N) is 3. The highest BCUT2D eigenvalue weighted by Crippen LogP contribution is 2.18. The number of hydrogen-bond acceptors (Lipinski definition) is 3. The molecule has 0 N–H and O–H groups in total. The van der Waals surface area contributed by atoms with Crippen LogP contribution in [0.3, 0.4) is 0 Å². The summed E-state index contributed by atoms with van der Waals surface area (Å²) >= 11 is 5.59. The molecule has 3 aromatic rings. The molecule has 0 unspecified atom stereocenters. The molecule has 0 radical (unpaired) electrons. The van der Waals surface area contributed by atoms with Gasteiger partial charge in [0.25, 0.3) is 0 Å². The predicted octanol–water partition coefficient (Wildman–Crippen LogP) is 3.81. The molecule has 0 fully saturated rings. The van der Waals surface area contributed by atoms with E-state index in [0.717, 1.165) is 29.3 Å². The van der Waals surface area contributed by atoms with Crippen molar-refractivity contribution in [2.24, 2.45) is 7.05 Å². The molecule has 4 nitrogen and oxygen atoms in total. The molecule has 5 heteroatoms. The fraction of sp³-hybridized carbons (Fsp3) is 0.278. The van der Waals surface area contributed by atoms with Gasteiger partial charge >= 0.3 is 0 Å². The second kappa shape index (κ2) is 6.56. The molecule has 0 spiro atoms. The van der Waals surface area contributed by atoms with E-state index in [9.17, 15) is 0 Å². The minimum Gasteiger partial charge on any atom is -0.497 e. The van der Waals surface area contributed by atoms with Crippen molar-refractivity contribution >= 4 is 23.3 Å². The van der Waals surface area contributed by atoms with Gasteiger partial charge in [0.15, 0.2) is 4.77 Å². The zero-order valence-corrected chi connectivity index (χ0v) is 14.5. The number of para-hydroxylation sites is 2. The SMILES string of the molecule is COc1ccc(CN(C)Cn2c(=S)n(C)c3ccccc32)cc1. The number of methoxy groups -OCH3 is 1. The molecule has 0 aliphatic carbocycles. The Morgan fingerprint density at radius 1 is 1.04 bits per heavy atom. The van der Waals surface area contributed by atoms with Crippen molar-refractivity contribution in [3.05, 3.63) is 58.9 Å². The Morgan fingerprint density at radius 2 is 1.70 bits per heavy atom. The number of aryl methyl sites for hydroxylation is 1. The van der Waals surface area contributed by atoms with E-state index < -0.39 is 0 Å². The van der Waals surface area contributed by atoms with Crippen LogP contribution >= 0.6 is 12.2 Å². The van der Waals surface area contributed by atoms with Crippen LogP contribution in [0.2, 0.25) is 0 Å². The number of benzene rings is 2. The quantitative estimate of drug-likeness (QED) is 0.666. The maximum absolute atomic E-state index is 5.59. The smallest absolute Gasteiger partial charge is 0.181 e. The summed E-state index contributed by atoms with van der Waals surface area (Å²) in [5.74, 6) is 0.882. The second-order valence-corrected chi connectivity index (χ2v) is 6.13. The van der Waals surface area contributed by atoms with Crippen LogP contribution in [0, 0.1) is 4.77 Å². The summed E-state index contributed by atoms with van der Waals surface area (Å²) in [6.07, 6.45) is 0. The Labute approximate surface area is 141 Å². The summed E-state index contributed by atoms with van der Waals surface area (Å²) < 4.78 is 10.3. The van der Waals surface area contributed by atoms with Crippen molar-refractivity contribution in [3.63, 3.8) is 0 Å². The fourth-order valence-electron chi connectivity index (χ4n) is 2.83. The van der Waals surface area contributed by atoms with Gasteiger partial charge in [-0.05, 0) is 49.1 Å². The summed E-state index contributed by atoms with van der Waals surface area (Å²) in [4.78, 5) is 2.25. The molecule has 0 saturated carbocycles. The van der Waals surface area contributed by atoms with Gasteiger partial charge in [0.05, 0.1) is 24.8 Å². The van der Waals surface area contributed by atoms with Gasteiger partial charge in [-0.15, -0.1) is 0 Å². The van der Waals surface area contributed by atoms with Crippen molar-refractivity contribution in [1.82, 2.24) is 14.0 Å². The van der Waals surface area contributed by atoms with Crippen molar-refractivity contribution in [2.45, 2.75) is 13.2 Å². The zero-order chi connectivity index (χ0) is 16.4. The van der Waals surface area contributed by atoms with E-state index in [0.29, 0.717) is 0 Å². The maximum atomic E-state index is 5.59. The average molecular weight is 327 g/mol. The lowest BCUT2D eigenvalue weighted by Gasteiger charge is -2.18. The minimum absolute atomic E-state index is 0.756. The van der Waals surface area contributed by atoms with Crippen LogP contribution in [-0.4, -0.2) is 28.2 Å². The van der Waals surface area contributed by atoms with E-state index in [2.05, 4.69) is 51.4 Å². The van der Waals surface area contributed by atoms with Crippen molar-refractivity contribution in [1.29, 1.82) is 0 Å². The van der Waals surface area contributed by atoms with E-state index in [4.69, 9.17) is 17.0 Å². The highest BCUT2D eigenvalue weighted by Gasteiger charge is 2.09. The van der Waals surface area contributed by atoms with Gasteiger partial charge in [0.1, 0.15) is 5.75 Å². The molecule has 0 aliphatic heterocycles. The summed E-state index contributed by atoms with van der Waals surface area (Å²) in [6, 6.07) is 16.5. The van der Waals surface area contributed by atoms with Gasteiger partial charge in [0, 0.05) is 13.6 Å². The van der Waals surface area contributed by atoms with Crippen molar-refractivity contribution in [2.75, 3.05) is 14.2 Å². The van der Waals surface area contributed by atoms with Crippen molar-refractivity contribution in [3.8, 4) is 5.75 Å². The molecule has 2 aromatic carbocycles. The number of imidazole rings is 1. The molecule has 0 bridgehead atoms. The normalized spacial score (nSPS) is 11.3. The van der Waals surface area contributed by atoms with E-state index >= 15 is 0 Å². The van der Waals surface area contributed by atoms with Gasteiger partial charge < -0.3 is 13.9 Å². The van der Waals surface area contributed by atoms with Gasteiger partial charge in [-0.1, -0.05) is 24.3 Å². The van der Waals surface area contributed by atoms with Crippen LogP contribution in [0.15, 0.2) is 48.5 Å². The van der Waals surface area contributed by atoms with E-state index in [-0.39, 0.29) is 0 Å². The van der Waals surface area contributed by atoms with Gasteiger partial charge in [0.2, 0.25) is 0 Å². The van der Waals surface area contributed by atoms with Crippen LogP contribution in [-0.2, 0) is 20.3 Å². The molecule has 1 aromatic heterocycles. The Morgan fingerprint density at radius 3 is 2.35 bits per heavy atom. The fourth-order valence-corrected chi connectivity index (χ4v) is 3.09. The minimum atomic E-state index is 0.756. The monoisotopic (exact) mass is 327 g/mol. The predicted molar refractivity (Wildman–Crippen MR) is 96.2 cm³/mol. The van der Waals surface area contributed by atoms with Crippen LogP contribution in [0.5, 0.6) is 5.75 Å². The number of rotatable bonds is 5. The summed E-state index contributed by atoms with van der Waals surface area (Å²) in [5, 5.41) is 0. The van der Waals surface area contributed by atoms with Crippen LogP contribution in [0.1, 0.15) is 5.56 Å². The highest BCUT2D eigenvalue weighted by molar-refractivity contribution is 7.71. The molecule has 0 aliphatic rings. The topological polar surface area (TPSA) is 22.3 Å². The van der Waals surface area contributed by atoms with Crippen LogP contribution < -0.4 is 4.74 Å². The van der Waals surface area contributed by atoms with Crippen LogP contribution in [0.4, 0.5) is 0 Å². The average Bonchev–Trinajstić information content (AvgIpc) is 2.81. The Balaban J connectivity index is 1.81. The number of aromatic nitrogens is 2. The molecule has 0 atom stereocenters. The van der Waals surface area contributed by atoms with Gasteiger partial charge in [-0.25, -0.2) is 0 Å². The first-order valence-corrected chi connectivity index (χ1v) is 7.96. The van der Waals surface area contributed by atoms with Gasteiger partial charge in [-0.3, -0.25) is 4.90 Å². The van der Waals surface area contributed by atoms with E-state index in [1.807, 2.05) is 25.2 Å². The largest absolute Gasteiger partial charge is 0.497 e. The molecule has 1 heterocycles. The van der Waals surface area contributed by atoms with E-state index in [1.54, 1.807) is 7.11 Å². The number of hydrogen-bond donors (Lipinski definition) is 0. The molecule has 23 heavy (non-hydrogen) atoms. The Bertz CT molecular complexity index is 864. The highest BCUT2D eigenvalue weighted by atomic mass is 32.1. The number of ether oxygens (including phenoxy) is 1. The standard InChI is InChI=1S/C18H21N3OS/c1-19(12-14-8-10-15(22-3)11-9-14)13-21-17-7-5-4-6-16(17)20(2)18(21)23/h4-11H,12-13H2,1-3H3. The van der Waals surface area contributed by atoms with Crippen LogP contribution in [0.25, 0.3) is 11.0 Å². The third-order valence-corrected chi connectivity index (χ3v) is 4.54. The summed E-state index contributed by atoms with van der Waals surface area (Å²) in [5.41, 5.74) is 3.58. The second-order valence-electron chi connectivity index (χ2n) is 5.76. The van der Waals surface area contributed by atoms with Gasteiger partial charge in [-0.2, -0.15) is 0 Å². The molecule has 0 saturated heterocycles. The van der Waals surface area contributed by atoms with E-state index in [1.165, 1.54) is 11.1 Å². The van der Waals surface area contributed by atoms with Crippen molar-refractivity contribution < 1.29 is 4.74 Å². The summed E-state index contributed by atoms with van der Waals surface area (Å²) in [7, 11) is 5.81. The molecule has 3 rings (SSSR count). The lowest BCUT2D eigenvalue weighted by Crippen LogP contribution is -2.21.